The van der Waals surface area contributed by atoms with E-state index in [1.54, 1.807) is 30.8 Å². The Labute approximate surface area is 95.7 Å². The highest BCUT2D eigenvalue weighted by atomic mass is 32.2. The molecule has 0 aliphatic rings. The third-order valence-electron chi connectivity index (χ3n) is 1.96. The molecule has 3 heteroatoms. The first-order valence-electron chi connectivity index (χ1n) is 5.09. The number of nitrogens with zero attached hydrogens (tertiary/aromatic N) is 1. The van der Waals surface area contributed by atoms with Crippen molar-refractivity contribution in [1.29, 1.82) is 0 Å². The molecule has 0 spiro atoms. The van der Waals surface area contributed by atoms with E-state index in [1.165, 1.54) is 4.90 Å². The molecule has 1 amide bonds. The van der Waals surface area contributed by atoms with Gasteiger partial charge in [0.25, 0.3) is 5.91 Å². The van der Waals surface area contributed by atoms with Crippen LogP contribution >= 0.6 is 11.8 Å². The molecule has 0 N–H and O–H groups in total. The van der Waals surface area contributed by atoms with Crippen LogP contribution < -0.4 is 0 Å². The highest BCUT2D eigenvalue weighted by Gasteiger charge is 2.07. The van der Waals surface area contributed by atoms with Gasteiger partial charge in [-0.15, -0.1) is 11.8 Å². The molecule has 2 nitrogen and oxygen atoms in total. The zero-order valence-electron chi connectivity index (χ0n) is 9.49. The lowest BCUT2D eigenvalue weighted by Gasteiger charge is -2.10. The van der Waals surface area contributed by atoms with Crippen LogP contribution in [-0.4, -0.2) is 30.7 Å². The van der Waals surface area contributed by atoms with Crippen LogP contribution in [0.3, 0.4) is 0 Å². The van der Waals surface area contributed by atoms with Crippen molar-refractivity contribution in [3.8, 4) is 0 Å². The second-order valence-electron chi connectivity index (χ2n) is 3.58. The number of hydrogen-bond acceptors (Lipinski definition) is 2. The fourth-order valence-electron chi connectivity index (χ4n) is 1.20. The Balaban J connectivity index is 2.78. The SMILES string of the molecule is CCCSc1cccc(C(=O)N(C)C)c1. The molecule has 15 heavy (non-hydrogen) atoms. The van der Waals surface area contributed by atoms with Crippen molar-refractivity contribution in [1.82, 2.24) is 4.90 Å². The molecule has 0 saturated carbocycles. The molecule has 0 unspecified atom stereocenters. The quantitative estimate of drug-likeness (QED) is 0.732. The predicted molar refractivity (Wildman–Crippen MR) is 65.5 cm³/mol. The maximum Gasteiger partial charge on any atom is 0.253 e. The van der Waals surface area contributed by atoms with E-state index in [4.69, 9.17) is 0 Å². The maximum atomic E-state index is 11.7. The van der Waals surface area contributed by atoms with Crippen LogP contribution in [0.4, 0.5) is 0 Å². The van der Waals surface area contributed by atoms with Crippen molar-refractivity contribution in [2.24, 2.45) is 0 Å². The highest BCUT2D eigenvalue weighted by molar-refractivity contribution is 7.99. The van der Waals surface area contributed by atoms with Crippen molar-refractivity contribution < 1.29 is 4.79 Å². The van der Waals surface area contributed by atoms with Crippen LogP contribution in [0.25, 0.3) is 0 Å². The van der Waals surface area contributed by atoms with Crippen LogP contribution in [0.1, 0.15) is 23.7 Å². The molecule has 0 aromatic heterocycles. The van der Waals surface area contributed by atoms with Gasteiger partial charge in [-0.1, -0.05) is 13.0 Å². The number of carbonyl (C=O) groups is 1. The van der Waals surface area contributed by atoms with Crippen LogP contribution in [-0.2, 0) is 0 Å². The summed E-state index contributed by atoms with van der Waals surface area (Å²) in [6, 6.07) is 7.81. The van der Waals surface area contributed by atoms with Gasteiger partial charge in [0.1, 0.15) is 0 Å². The molecule has 0 aliphatic heterocycles. The Bertz CT molecular complexity index is 336. The van der Waals surface area contributed by atoms with Gasteiger partial charge >= 0.3 is 0 Å². The maximum absolute atomic E-state index is 11.7. The minimum atomic E-state index is 0.0638. The second kappa shape index (κ2) is 5.81. The van der Waals surface area contributed by atoms with E-state index in [-0.39, 0.29) is 5.91 Å². The average Bonchev–Trinajstić information content (AvgIpc) is 2.25. The summed E-state index contributed by atoms with van der Waals surface area (Å²) in [5.74, 6) is 1.16. The summed E-state index contributed by atoms with van der Waals surface area (Å²) in [6.45, 7) is 2.15. The summed E-state index contributed by atoms with van der Waals surface area (Å²) >= 11 is 1.79. The molecule has 0 radical (unpaired) electrons. The Morgan fingerprint density at radius 2 is 2.13 bits per heavy atom. The van der Waals surface area contributed by atoms with Gasteiger partial charge in [0, 0.05) is 24.6 Å². The molecule has 82 valence electrons. The second-order valence-corrected chi connectivity index (χ2v) is 4.74. The molecule has 0 atom stereocenters. The third kappa shape index (κ3) is 3.59. The first-order valence-corrected chi connectivity index (χ1v) is 6.08. The number of hydrogen-bond donors (Lipinski definition) is 0. The van der Waals surface area contributed by atoms with Crippen LogP contribution in [0, 0.1) is 0 Å². The molecule has 0 aliphatic carbocycles. The topological polar surface area (TPSA) is 20.3 Å². The van der Waals surface area contributed by atoms with E-state index in [0.29, 0.717) is 0 Å². The zero-order chi connectivity index (χ0) is 11.3. The largest absolute Gasteiger partial charge is 0.345 e. The van der Waals surface area contributed by atoms with Crippen molar-refractivity contribution >= 4 is 17.7 Å². The lowest BCUT2D eigenvalue weighted by atomic mass is 10.2. The predicted octanol–water partition coefficient (Wildman–Crippen LogP) is 2.89. The summed E-state index contributed by atoms with van der Waals surface area (Å²) < 4.78 is 0. The van der Waals surface area contributed by atoms with Crippen molar-refractivity contribution in [3.63, 3.8) is 0 Å². The summed E-state index contributed by atoms with van der Waals surface area (Å²) in [5.41, 5.74) is 0.765. The number of rotatable bonds is 4. The summed E-state index contributed by atoms with van der Waals surface area (Å²) in [7, 11) is 3.54. The van der Waals surface area contributed by atoms with Crippen molar-refractivity contribution in [3.05, 3.63) is 29.8 Å². The molecule has 0 fully saturated rings. The third-order valence-corrected chi connectivity index (χ3v) is 3.16. The Kier molecular flexibility index (Phi) is 4.69. The minimum Gasteiger partial charge on any atom is -0.345 e. The van der Waals surface area contributed by atoms with E-state index in [0.717, 1.165) is 17.7 Å². The summed E-state index contributed by atoms with van der Waals surface area (Å²) in [5, 5.41) is 0. The van der Waals surface area contributed by atoms with Gasteiger partial charge in [-0.25, -0.2) is 0 Å². The number of thioether (sulfide) groups is 1. The molecule has 1 rings (SSSR count). The van der Waals surface area contributed by atoms with Crippen LogP contribution in [0.5, 0.6) is 0 Å². The van der Waals surface area contributed by atoms with Gasteiger partial charge in [-0.3, -0.25) is 4.79 Å². The minimum absolute atomic E-state index is 0.0638. The first-order chi connectivity index (χ1) is 7.15. The Morgan fingerprint density at radius 3 is 2.73 bits per heavy atom. The number of benzene rings is 1. The monoisotopic (exact) mass is 223 g/mol. The van der Waals surface area contributed by atoms with Gasteiger partial charge in [-0.05, 0) is 30.4 Å². The van der Waals surface area contributed by atoms with Crippen molar-refractivity contribution in [2.45, 2.75) is 18.2 Å². The molecule has 0 heterocycles. The smallest absolute Gasteiger partial charge is 0.253 e. The molecular weight excluding hydrogens is 206 g/mol. The number of carbonyl (C=O) groups excluding carboxylic acids is 1. The molecular formula is C12H17NOS. The van der Waals surface area contributed by atoms with E-state index in [9.17, 15) is 4.79 Å². The standard InChI is InChI=1S/C12H17NOS/c1-4-8-15-11-7-5-6-10(9-11)12(14)13(2)3/h5-7,9H,4,8H2,1-3H3. The lowest BCUT2D eigenvalue weighted by Crippen LogP contribution is -2.21. The molecule has 1 aromatic carbocycles. The Morgan fingerprint density at radius 1 is 1.40 bits per heavy atom. The zero-order valence-corrected chi connectivity index (χ0v) is 10.3. The van der Waals surface area contributed by atoms with E-state index in [2.05, 4.69) is 6.92 Å². The average molecular weight is 223 g/mol. The van der Waals surface area contributed by atoms with Gasteiger partial charge in [-0.2, -0.15) is 0 Å². The van der Waals surface area contributed by atoms with Gasteiger partial charge in [0.2, 0.25) is 0 Å². The van der Waals surface area contributed by atoms with E-state index < -0.39 is 0 Å². The van der Waals surface area contributed by atoms with E-state index >= 15 is 0 Å². The van der Waals surface area contributed by atoms with Gasteiger partial charge < -0.3 is 4.90 Å². The normalized spacial score (nSPS) is 10.1. The van der Waals surface area contributed by atoms with Gasteiger partial charge in [0.05, 0.1) is 0 Å². The fraction of sp³-hybridized carbons (Fsp3) is 0.417. The van der Waals surface area contributed by atoms with E-state index in [1.807, 2.05) is 24.3 Å². The first kappa shape index (κ1) is 12.1. The molecule has 0 saturated heterocycles. The van der Waals surface area contributed by atoms with Crippen molar-refractivity contribution in [2.75, 3.05) is 19.8 Å². The fourth-order valence-corrected chi connectivity index (χ4v) is 2.02. The Hall–Kier alpha value is -0.960. The summed E-state index contributed by atoms with van der Waals surface area (Å²) in [4.78, 5) is 14.5. The lowest BCUT2D eigenvalue weighted by molar-refractivity contribution is 0.0827. The molecule has 0 bridgehead atoms. The molecule has 1 aromatic rings. The van der Waals surface area contributed by atoms with Crippen LogP contribution in [0.2, 0.25) is 0 Å². The van der Waals surface area contributed by atoms with Crippen LogP contribution in [0.15, 0.2) is 29.2 Å². The summed E-state index contributed by atoms with van der Waals surface area (Å²) in [6.07, 6.45) is 1.15. The number of amides is 1. The van der Waals surface area contributed by atoms with Gasteiger partial charge in [0.15, 0.2) is 0 Å². The highest BCUT2D eigenvalue weighted by Crippen LogP contribution is 2.20.